The summed E-state index contributed by atoms with van der Waals surface area (Å²) in [7, 11) is 0. The van der Waals surface area contributed by atoms with Crippen LogP contribution in [0, 0.1) is 11.7 Å². The van der Waals surface area contributed by atoms with E-state index in [2.05, 4.69) is 6.92 Å². The lowest BCUT2D eigenvalue weighted by Gasteiger charge is -2.26. The SMILES string of the molecule is CC1CCCC(SCc2ccc(N)cc2F)C1. The molecule has 0 saturated heterocycles. The van der Waals surface area contributed by atoms with Crippen LogP contribution in [0.2, 0.25) is 0 Å². The first-order valence-corrected chi connectivity index (χ1v) is 7.35. The van der Waals surface area contributed by atoms with E-state index in [1.54, 1.807) is 6.07 Å². The first kappa shape index (κ1) is 12.7. The lowest BCUT2D eigenvalue weighted by molar-refractivity contribution is 0.394. The van der Waals surface area contributed by atoms with Crippen LogP contribution in [0.25, 0.3) is 0 Å². The van der Waals surface area contributed by atoms with Crippen molar-refractivity contribution < 1.29 is 4.39 Å². The van der Waals surface area contributed by atoms with Gasteiger partial charge < -0.3 is 5.73 Å². The Kier molecular flexibility index (Phi) is 4.32. The monoisotopic (exact) mass is 253 g/mol. The van der Waals surface area contributed by atoms with Gasteiger partial charge in [-0.25, -0.2) is 4.39 Å². The average Bonchev–Trinajstić information content (AvgIpc) is 2.28. The molecular formula is C14H20FNS. The molecule has 2 unspecified atom stereocenters. The molecule has 1 aromatic carbocycles. The molecule has 1 fully saturated rings. The van der Waals surface area contributed by atoms with Crippen molar-refractivity contribution in [1.82, 2.24) is 0 Å². The van der Waals surface area contributed by atoms with Crippen LogP contribution in [0.3, 0.4) is 0 Å². The highest BCUT2D eigenvalue weighted by Gasteiger charge is 2.19. The molecule has 2 atom stereocenters. The van der Waals surface area contributed by atoms with Crippen molar-refractivity contribution in [2.75, 3.05) is 5.73 Å². The van der Waals surface area contributed by atoms with Crippen LogP contribution in [0.5, 0.6) is 0 Å². The van der Waals surface area contributed by atoms with Crippen molar-refractivity contribution in [2.45, 2.75) is 43.6 Å². The molecule has 1 nitrogen and oxygen atoms in total. The molecule has 0 heterocycles. The van der Waals surface area contributed by atoms with Crippen molar-refractivity contribution in [3.63, 3.8) is 0 Å². The fourth-order valence-electron chi connectivity index (χ4n) is 2.42. The van der Waals surface area contributed by atoms with Gasteiger partial charge in [0, 0.05) is 16.7 Å². The van der Waals surface area contributed by atoms with Gasteiger partial charge in [0.05, 0.1) is 0 Å². The molecule has 1 aromatic rings. The third-order valence-electron chi connectivity index (χ3n) is 3.44. The molecule has 94 valence electrons. The highest BCUT2D eigenvalue weighted by Crippen LogP contribution is 2.34. The fraction of sp³-hybridized carbons (Fsp3) is 0.571. The van der Waals surface area contributed by atoms with Crippen molar-refractivity contribution in [2.24, 2.45) is 5.92 Å². The van der Waals surface area contributed by atoms with Crippen LogP contribution in [0.4, 0.5) is 10.1 Å². The Morgan fingerprint density at radius 3 is 2.94 bits per heavy atom. The van der Waals surface area contributed by atoms with Gasteiger partial charge in [0.1, 0.15) is 5.82 Å². The Morgan fingerprint density at radius 2 is 2.24 bits per heavy atom. The summed E-state index contributed by atoms with van der Waals surface area (Å²) in [5, 5.41) is 0.704. The minimum Gasteiger partial charge on any atom is -0.399 e. The van der Waals surface area contributed by atoms with Gasteiger partial charge in [0.25, 0.3) is 0 Å². The first-order chi connectivity index (χ1) is 8.15. The van der Waals surface area contributed by atoms with Crippen molar-refractivity contribution in [3.05, 3.63) is 29.6 Å². The van der Waals surface area contributed by atoms with Gasteiger partial charge in [-0.15, -0.1) is 0 Å². The number of nitrogens with two attached hydrogens (primary N) is 1. The zero-order chi connectivity index (χ0) is 12.3. The van der Waals surface area contributed by atoms with Crippen molar-refractivity contribution in [3.8, 4) is 0 Å². The van der Waals surface area contributed by atoms with Crippen LogP contribution in [0.1, 0.15) is 38.2 Å². The summed E-state index contributed by atoms with van der Waals surface area (Å²) in [4.78, 5) is 0. The van der Waals surface area contributed by atoms with Gasteiger partial charge >= 0.3 is 0 Å². The third-order valence-corrected chi connectivity index (χ3v) is 4.82. The number of benzene rings is 1. The van der Waals surface area contributed by atoms with Crippen LogP contribution in [-0.4, -0.2) is 5.25 Å². The number of rotatable bonds is 3. The Labute approximate surface area is 107 Å². The van der Waals surface area contributed by atoms with E-state index < -0.39 is 0 Å². The number of hydrogen-bond donors (Lipinski definition) is 1. The predicted molar refractivity (Wildman–Crippen MR) is 73.5 cm³/mol. The second-order valence-electron chi connectivity index (χ2n) is 5.06. The minimum absolute atomic E-state index is 0.165. The fourth-order valence-corrected chi connectivity index (χ4v) is 3.87. The molecule has 1 aliphatic rings. The maximum Gasteiger partial charge on any atom is 0.129 e. The van der Waals surface area contributed by atoms with E-state index in [1.165, 1.54) is 31.7 Å². The van der Waals surface area contributed by atoms with E-state index in [1.807, 2.05) is 17.8 Å². The predicted octanol–water partition coefficient (Wildman–Crippen LogP) is 4.22. The van der Waals surface area contributed by atoms with Gasteiger partial charge in [0.2, 0.25) is 0 Å². The first-order valence-electron chi connectivity index (χ1n) is 6.30. The third kappa shape index (κ3) is 3.63. The summed E-state index contributed by atoms with van der Waals surface area (Å²) in [6, 6.07) is 5.01. The van der Waals surface area contributed by atoms with Gasteiger partial charge in [0.15, 0.2) is 0 Å². The molecule has 2 N–H and O–H groups in total. The van der Waals surface area contributed by atoms with E-state index >= 15 is 0 Å². The Morgan fingerprint density at radius 1 is 1.41 bits per heavy atom. The van der Waals surface area contributed by atoms with E-state index in [0.717, 1.165) is 17.2 Å². The van der Waals surface area contributed by atoms with Crippen LogP contribution >= 0.6 is 11.8 Å². The molecule has 0 bridgehead atoms. The van der Waals surface area contributed by atoms with Gasteiger partial charge in [-0.1, -0.05) is 25.8 Å². The Hall–Kier alpha value is -0.700. The maximum atomic E-state index is 13.6. The number of nitrogen functional groups attached to an aromatic ring is 1. The van der Waals surface area contributed by atoms with Gasteiger partial charge in [-0.2, -0.15) is 11.8 Å². The highest BCUT2D eigenvalue weighted by atomic mass is 32.2. The molecule has 0 aromatic heterocycles. The summed E-state index contributed by atoms with van der Waals surface area (Å²) in [6.45, 7) is 2.32. The van der Waals surface area contributed by atoms with E-state index in [0.29, 0.717) is 10.9 Å². The molecule has 17 heavy (non-hydrogen) atoms. The van der Waals surface area contributed by atoms with Crippen LogP contribution in [-0.2, 0) is 5.75 Å². The lowest BCUT2D eigenvalue weighted by atomic mass is 9.91. The Bertz CT molecular complexity index is 380. The second kappa shape index (κ2) is 5.76. The normalized spacial score (nSPS) is 24.8. The van der Waals surface area contributed by atoms with Crippen LogP contribution in [0.15, 0.2) is 18.2 Å². The second-order valence-corrected chi connectivity index (χ2v) is 6.34. The van der Waals surface area contributed by atoms with Gasteiger partial charge in [-0.3, -0.25) is 0 Å². The van der Waals surface area contributed by atoms with E-state index in [4.69, 9.17) is 5.73 Å². The standard InChI is InChI=1S/C14H20FNS/c1-10-3-2-4-13(7-10)17-9-11-5-6-12(16)8-14(11)15/h5-6,8,10,13H,2-4,7,9,16H2,1H3. The quantitative estimate of drug-likeness (QED) is 0.816. The van der Waals surface area contributed by atoms with Crippen LogP contribution < -0.4 is 5.73 Å². The zero-order valence-electron chi connectivity index (χ0n) is 10.3. The molecular weight excluding hydrogens is 233 g/mol. The molecule has 3 heteroatoms. The Balaban J connectivity index is 1.88. The summed E-state index contributed by atoms with van der Waals surface area (Å²) < 4.78 is 13.6. The maximum absolute atomic E-state index is 13.6. The van der Waals surface area contributed by atoms with E-state index in [9.17, 15) is 4.39 Å². The number of hydrogen-bond acceptors (Lipinski definition) is 2. The number of halogens is 1. The summed E-state index contributed by atoms with van der Waals surface area (Å²) in [6.07, 6.45) is 5.24. The summed E-state index contributed by atoms with van der Waals surface area (Å²) in [5.41, 5.74) is 6.82. The molecule has 1 saturated carbocycles. The summed E-state index contributed by atoms with van der Waals surface area (Å²) >= 11 is 1.89. The molecule has 0 aliphatic heterocycles. The molecule has 0 radical (unpaired) electrons. The van der Waals surface area contributed by atoms with E-state index in [-0.39, 0.29) is 5.82 Å². The summed E-state index contributed by atoms with van der Waals surface area (Å²) in [5.74, 6) is 1.43. The zero-order valence-corrected chi connectivity index (χ0v) is 11.1. The molecule has 1 aliphatic carbocycles. The van der Waals surface area contributed by atoms with Gasteiger partial charge in [-0.05, 0) is 36.5 Å². The number of thioether (sulfide) groups is 1. The molecule has 0 amide bonds. The van der Waals surface area contributed by atoms with Crippen molar-refractivity contribution in [1.29, 1.82) is 0 Å². The topological polar surface area (TPSA) is 26.0 Å². The minimum atomic E-state index is -0.165. The lowest BCUT2D eigenvalue weighted by Crippen LogP contribution is -2.15. The molecule has 2 rings (SSSR count). The highest BCUT2D eigenvalue weighted by molar-refractivity contribution is 7.99. The smallest absolute Gasteiger partial charge is 0.129 e. The average molecular weight is 253 g/mol. The molecule has 0 spiro atoms. The largest absolute Gasteiger partial charge is 0.399 e. The van der Waals surface area contributed by atoms with Crippen molar-refractivity contribution >= 4 is 17.4 Å². The number of anilines is 1.